The molecule has 0 saturated carbocycles. The van der Waals surface area contributed by atoms with Crippen molar-refractivity contribution in [2.24, 2.45) is 11.1 Å². The molecule has 11 heavy (non-hydrogen) atoms. The summed E-state index contributed by atoms with van der Waals surface area (Å²) in [5.74, 6) is 0.124. The highest BCUT2D eigenvalue weighted by molar-refractivity contribution is 9.12. The van der Waals surface area contributed by atoms with Gasteiger partial charge in [-0.3, -0.25) is 4.79 Å². The van der Waals surface area contributed by atoms with E-state index in [0.29, 0.717) is 16.6 Å². The summed E-state index contributed by atoms with van der Waals surface area (Å²) in [5, 5.41) is 0. The van der Waals surface area contributed by atoms with Gasteiger partial charge < -0.3 is 5.73 Å². The Kier molecular flexibility index (Phi) is 2.10. The van der Waals surface area contributed by atoms with Crippen molar-refractivity contribution >= 4 is 21.7 Å². The quantitative estimate of drug-likeness (QED) is 0.675. The van der Waals surface area contributed by atoms with Crippen molar-refractivity contribution in [3.63, 3.8) is 0 Å². The Balaban J connectivity index is 2.94. The van der Waals surface area contributed by atoms with Crippen LogP contribution in [0.1, 0.15) is 26.7 Å². The molecule has 0 aromatic rings. The fraction of sp³-hybridized carbons (Fsp3) is 0.625. The lowest BCUT2D eigenvalue weighted by atomic mass is 9.79. The maximum Gasteiger partial charge on any atom is 0.172 e. The van der Waals surface area contributed by atoms with Gasteiger partial charge in [0.1, 0.15) is 0 Å². The molecule has 1 rings (SSSR count). The van der Waals surface area contributed by atoms with Gasteiger partial charge in [0.2, 0.25) is 0 Å². The number of rotatable bonds is 0. The third kappa shape index (κ3) is 1.83. The highest BCUT2D eigenvalue weighted by atomic mass is 79.9. The van der Waals surface area contributed by atoms with E-state index in [9.17, 15) is 4.79 Å². The molecule has 0 amide bonds. The van der Waals surface area contributed by atoms with Crippen molar-refractivity contribution in [3.05, 3.63) is 10.2 Å². The molecule has 0 aromatic carbocycles. The zero-order valence-electron chi connectivity index (χ0n) is 6.78. The monoisotopic (exact) mass is 217 g/mol. The van der Waals surface area contributed by atoms with Crippen LogP contribution in [0, 0.1) is 5.41 Å². The van der Waals surface area contributed by atoms with Crippen LogP contribution in [0.4, 0.5) is 0 Å². The molecule has 1 aliphatic rings. The van der Waals surface area contributed by atoms with Crippen LogP contribution in [0.2, 0.25) is 0 Å². The van der Waals surface area contributed by atoms with Gasteiger partial charge in [0.05, 0.1) is 4.48 Å². The molecule has 0 heterocycles. The van der Waals surface area contributed by atoms with Crippen molar-refractivity contribution in [2.45, 2.75) is 26.7 Å². The van der Waals surface area contributed by atoms with E-state index in [2.05, 4.69) is 29.8 Å². The van der Waals surface area contributed by atoms with Crippen LogP contribution in [0.5, 0.6) is 0 Å². The number of hydrogen-bond acceptors (Lipinski definition) is 2. The largest absolute Gasteiger partial charge is 0.401 e. The van der Waals surface area contributed by atoms with Crippen LogP contribution in [-0.4, -0.2) is 5.78 Å². The lowest BCUT2D eigenvalue weighted by Gasteiger charge is -2.28. The molecular formula is C8H12BrNO. The fourth-order valence-corrected chi connectivity index (χ4v) is 1.63. The third-order valence-corrected chi connectivity index (χ3v) is 2.79. The SMILES string of the molecule is CC1(C)CC(=O)C(Br)=C(N)C1. The Labute approximate surface area is 75.0 Å². The van der Waals surface area contributed by atoms with E-state index >= 15 is 0 Å². The maximum atomic E-state index is 11.2. The first-order chi connectivity index (χ1) is 4.92. The number of nitrogens with two attached hydrogens (primary N) is 1. The zero-order chi connectivity index (χ0) is 8.65. The number of ketones is 1. The lowest BCUT2D eigenvalue weighted by molar-refractivity contribution is -0.117. The van der Waals surface area contributed by atoms with Crippen LogP contribution < -0.4 is 5.73 Å². The van der Waals surface area contributed by atoms with Gasteiger partial charge in [-0.15, -0.1) is 0 Å². The van der Waals surface area contributed by atoms with Gasteiger partial charge in [-0.2, -0.15) is 0 Å². The summed E-state index contributed by atoms with van der Waals surface area (Å²) < 4.78 is 0.580. The molecule has 2 nitrogen and oxygen atoms in total. The summed E-state index contributed by atoms with van der Waals surface area (Å²) in [7, 11) is 0. The Morgan fingerprint density at radius 2 is 2.00 bits per heavy atom. The number of Topliss-reactive ketones (excluding diaryl/α,β-unsaturated/α-hetero) is 1. The molecule has 3 heteroatoms. The van der Waals surface area contributed by atoms with E-state index in [4.69, 9.17) is 5.73 Å². The maximum absolute atomic E-state index is 11.2. The second-order valence-corrected chi connectivity index (χ2v) is 4.57. The van der Waals surface area contributed by atoms with Crippen molar-refractivity contribution in [3.8, 4) is 0 Å². The second kappa shape index (κ2) is 2.63. The first kappa shape index (κ1) is 8.78. The van der Waals surface area contributed by atoms with Gasteiger partial charge in [-0.25, -0.2) is 0 Å². The van der Waals surface area contributed by atoms with Gasteiger partial charge in [0.15, 0.2) is 5.78 Å². The van der Waals surface area contributed by atoms with Gasteiger partial charge >= 0.3 is 0 Å². The van der Waals surface area contributed by atoms with Crippen molar-refractivity contribution in [1.29, 1.82) is 0 Å². The van der Waals surface area contributed by atoms with Crippen LogP contribution in [0.25, 0.3) is 0 Å². The Morgan fingerprint density at radius 3 is 2.45 bits per heavy atom. The highest BCUT2D eigenvalue weighted by Gasteiger charge is 2.30. The summed E-state index contributed by atoms with van der Waals surface area (Å²) >= 11 is 3.18. The van der Waals surface area contributed by atoms with Gasteiger partial charge in [-0.05, 0) is 27.8 Å². The van der Waals surface area contributed by atoms with E-state index in [0.717, 1.165) is 6.42 Å². The number of hydrogen-bond donors (Lipinski definition) is 1. The molecule has 0 radical (unpaired) electrons. The smallest absolute Gasteiger partial charge is 0.172 e. The van der Waals surface area contributed by atoms with Crippen molar-refractivity contribution in [1.82, 2.24) is 0 Å². The zero-order valence-corrected chi connectivity index (χ0v) is 8.36. The van der Waals surface area contributed by atoms with Crippen molar-refractivity contribution in [2.75, 3.05) is 0 Å². The molecule has 0 bridgehead atoms. The molecule has 0 fully saturated rings. The number of carbonyl (C=O) groups is 1. The van der Waals surface area contributed by atoms with Crippen LogP contribution in [-0.2, 0) is 4.79 Å². The lowest BCUT2D eigenvalue weighted by Crippen LogP contribution is -2.26. The predicted octanol–water partition coefficient (Wildman–Crippen LogP) is 1.94. The summed E-state index contributed by atoms with van der Waals surface area (Å²) in [5.41, 5.74) is 6.38. The minimum Gasteiger partial charge on any atom is -0.401 e. The number of halogens is 1. The number of carbonyl (C=O) groups excluding carboxylic acids is 1. The molecule has 0 aliphatic heterocycles. The van der Waals surface area contributed by atoms with Crippen LogP contribution in [0.15, 0.2) is 10.2 Å². The summed E-state index contributed by atoms with van der Waals surface area (Å²) in [4.78, 5) is 11.2. The molecule has 1 aliphatic carbocycles. The first-order valence-corrected chi connectivity index (χ1v) is 4.39. The van der Waals surface area contributed by atoms with Crippen LogP contribution in [0.3, 0.4) is 0 Å². The molecule has 0 atom stereocenters. The van der Waals surface area contributed by atoms with E-state index in [1.807, 2.05) is 0 Å². The Morgan fingerprint density at radius 1 is 1.45 bits per heavy atom. The van der Waals surface area contributed by atoms with Crippen molar-refractivity contribution < 1.29 is 4.79 Å². The highest BCUT2D eigenvalue weighted by Crippen LogP contribution is 2.36. The fourth-order valence-electron chi connectivity index (χ4n) is 1.35. The average molecular weight is 218 g/mol. The number of allylic oxidation sites excluding steroid dienone is 2. The molecule has 62 valence electrons. The van der Waals surface area contributed by atoms with E-state index in [-0.39, 0.29) is 11.2 Å². The molecule has 0 spiro atoms. The Bertz CT molecular complexity index is 230. The second-order valence-electron chi connectivity index (χ2n) is 3.78. The van der Waals surface area contributed by atoms with E-state index in [1.165, 1.54) is 0 Å². The standard InChI is InChI=1S/C8H12BrNO/c1-8(2)3-5(10)7(9)6(11)4-8/h3-4,10H2,1-2H3. The van der Waals surface area contributed by atoms with Crippen LogP contribution >= 0.6 is 15.9 Å². The topological polar surface area (TPSA) is 43.1 Å². The Hall–Kier alpha value is -0.310. The predicted molar refractivity (Wildman–Crippen MR) is 48.2 cm³/mol. The minimum absolute atomic E-state index is 0.0401. The molecule has 0 unspecified atom stereocenters. The first-order valence-electron chi connectivity index (χ1n) is 3.60. The van der Waals surface area contributed by atoms with E-state index < -0.39 is 0 Å². The molecular weight excluding hydrogens is 206 g/mol. The van der Waals surface area contributed by atoms with Gasteiger partial charge in [-0.1, -0.05) is 13.8 Å². The molecule has 0 saturated heterocycles. The summed E-state index contributed by atoms with van der Waals surface area (Å²) in [6, 6.07) is 0. The third-order valence-electron chi connectivity index (χ3n) is 1.83. The van der Waals surface area contributed by atoms with E-state index in [1.54, 1.807) is 0 Å². The molecule has 0 aromatic heterocycles. The molecule has 2 N–H and O–H groups in total. The minimum atomic E-state index is 0.0401. The summed E-state index contributed by atoms with van der Waals surface area (Å²) in [6.45, 7) is 4.11. The normalized spacial score (nSPS) is 24.1. The summed E-state index contributed by atoms with van der Waals surface area (Å²) in [6.07, 6.45) is 1.40. The van der Waals surface area contributed by atoms with Gasteiger partial charge in [0, 0.05) is 12.1 Å². The van der Waals surface area contributed by atoms with Gasteiger partial charge in [0.25, 0.3) is 0 Å². The average Bonchev–Trinajstić information content (AvgIpc) is 1.81.